The van der Waals surface area contributed by atoms with Gasteiger partial charge in [0, 0.05) is 25.4 Å². The molecule has 2 N–H and O–H groups in total. The Bertz CT molecular complexity index is 406. The van der Waals surface area contributed by atoms with Gasteiger partial charge < -0.3 is 15.4 Å². The molecule has 0 amide bonds. The lowest BCUT2D eigenvalue weighted by atomic mass is 10.3. The van der Waals surface area contributed by atoms with E-state index in [0.29, 0.717) is 5.11 Å². The largest absolute Gasteiger partial charge is 0.381 e. The van der Waals surface area contributed by atoms with Gasteiger partial charge in [-0.25, -0.2) is 4.39 Å². The van der Waals surface area contributed by atoms with Crippen molar-refractivity contribution in [3.63, 3.8) is 0 Å². The van der Waals surface area contributed by atoms with E-state index in [2.05, 4.69) is 10.6 Å². The van der Waals surface area contributed by atoms with Crippen LogP contribution >= 0.6 is 12.2 Å². The molecule has 0 heterocycles. The molecule has 0 radical (unpaired) electrons. The number of rotatable bonds is 7. The number of halogens is 1. The SMILES string of the molecule is Fc1ccc(NC(=S)NCCCOCC2CC2)cc1. The highest BCUT2D eigenvalue weighted by molar-refractivity contribution is 7.80. The molecule has 0 atom stereocenters. The molecule has 5 heteroatoms. The molecule has 104 valence electrons. The zero-order valence-corrected chi connectivity index (χ0v) is 11.6. The predicted octanol–water partition coefficient (Wildman–Crippen LogP) is 2.93. The Kier molecular flexibility index (Phi) is 5.54. The molecule has 0 aromatic heterocycles. The zero-order chi connectivity index (χ0) is 13.5. The molecular formula is C14H19FN2OS. The summed E-state index contributed by atoms with van der Waals surface area (Å²) in [6.07, 6.45) is 3.58. The molecular weight excluding hydrogens is 263 g/mol. The summed E-state index contributed by atoms with van der Waals surface area (Å²) in [7, 11) is 0. The Morgan fingerprint density at radius 1 is 1.32 bits per heavy atom. The van der Waals surface area contributed by atoms with Crippen molar-refractivity contribution in [3.8, 4) is 0 Å². The van der Waals surface area contributed by atoms with Crippen molar-refractivity contribution >= 4 is 23.0 Å². The van der Waals surface area contributed by atoms with Crippen molar-refractivity contribution < 1.29 is 9.13 Å². The number of hydrogen-bond donors (Lipinski definition) is 2. The van der Waals surface area contributed by atoms with Gasteiger partial charge >= 0.3 is 0 Å². The van der Waals surface area contributed by atoms with E-state index in [1.807, 2.05) is 0 Å². The molecule has 1 aromatic rings. The minimum Gasteiger partial charge on any atom is -0.381 e. The van der Waals surface area contributed by atoms with Crippen LogP contribution in [-0.2, 0) is 4.74 Å². The number of ether oxygens (including phenoxy) is 1. The van der Waals surface area contributed by atoms with Crippen molar-refractivity contribution in [2.24, 2.45) is 5.92 Å². The van der Waals surface area contributed by atoms with Gasteiger partial charge in [-0.15, -0.1) is 0 Å². The lowest BCUT2D eigenvalue weighted by Crippen LogP contribution is -2.29. The van der Waals surface area contributed by atoms with Crippen molar-refractivity contribution in [1.82, 2.24) is 5.32 Å². The monoisotopic (exact) mass is 282 g/mol. The van der Waals surface area contributed by atoms with Gasteiger partial charge in [0.1, 0.15) is 5.82 Å². The fourth-order valence-electron chi connectivity index (χ4n) is 1.62. The zero-order valence-electron chi connectivity index (χ0n) is 10.8. The van der Waals surface area contributed by atoms with E-state index in [9.17, 15) is 4.39 Å². The third kappa shape index (κ3) is 5.98. The first kappa shape index (κ1) is 14.2. The number of benzene rings is 1. The molecule has 1 saturated carbocycles. The molecule has 1 aliphatic carbocycles. The maximum atomic E-state index is 12.7. The second kappa shape index (κ2) is 7.40. The molecule has 1 fully saturated rings. The summed E-state index contributed by atoms with van der Waals surface area (Å²) in [6.45, 7) is 2.44. The van der Waals surface area contributed by atoms with Crippen LogP contribution < -0.4 is 10.6 Å². The van der Waals surface area contributed by atoms with Crippen LogP contribution in [0.3, 0.4) is 0 Å². The van der Waals surface area contributed by atoms with Crippen LogP contribution in [0.15, 0.2) is 24.3 Å². The second-order valence-electron chi connectivity index (χ2n) is 4.76. The summed E-state index contributed by atoms with van der Waals surface area (Å²) < 4.78 is 18.2. The first-order valence-electron chi connectivity index (χ1n) is 6.62. The van der Waals surface area contributed by atoms with Gasteiger partial charge in [0.05, 0.1) is 0 Å². The Labute approximate surface area is 118 Å². The van der Waals surface area contributed by atoms with E-state index in [4.69, 9.17) is 17.0 Å². The van der Waals surface area contributed by atoms with Crippen LogP contribution in [0.5, 0.6) is 0 Å². The quantitative estimate of drug-likeness (QED) is 0.595. The summed E-state index contributed by atoms with van der Waals surface area (Å²) in [4.78, 5) is 0. The van der Waals surface area contributed by atoms with Gasteiger partial charge in [-0.3, -0.25) is 0 Å². The highest BCUT2D eigenvalue weighted by atomic mass is 32.1. The van der Waals surface area contributed by atoms with Crippen LogP contribution in [-0.4, -0.2) is 24.9 Å². The van der Waals surface area contributed by atoms with Crippen molar-refractivity contribution in [2.75, 3.05) is 25.1 Å². The van der Waals surface area contributed by atoms with E-state index in [1.54, 1.807) is 12.1 Å². The second-order valence-corrected chi connectivity index (χ2v) is 5.17. The van der Waals surface area contributed by atoms with E-state index in [-0.39, 0.29) is 5.82 Å². The summed E-state index contributed by atoms with van der Waals surface area (Å²) in [5.41, 5.74) is 0.781. The first-order valence-corrected chi connectivity index (χ1v) is 7.03. The molecule has 0 unspecified atom stereocenters. The van der Waals surface area contributed by atoms with E-state index < -0.39 is 0 Å². The molecule has 19 heavy (non-hydrogen) atoms. The molecule has 1 aromatic carbocycles. The highest BCUT2D eigenvalue weighted by Gasteiger charge is 2.20. The fourth-order valence-corrected chi connectivity index (χ4v) is 1.84. The number of thiocarbonyl (C=S) groups is 1. The summed E-state index contributed by atoms with van der Waals surface area (Å²) in [6, 6.07) is 6.11. The molecule has 1 aliphatic rings. The van der Waals surface area contributed by atoms with E-state index >= 15 is 0 Å². The third-order valence-corrected chi connectivity index (χ3v) is 3.15. The van der Waals surface area contributed by atoms with Crippen LogP contribution in [0.25, 0.3) is 0 Å². The average Bonchev–Trinajstić information content (AvgIpc) is 3.20. The van der Waals surface area contributed by atoms with Gasteiger partial charge in [-0.1, -0.05) is 0 Å². The molecule has 0 saturated heterocycles. The van der Waals surface area contributed by atoms with E-state index in [1.165, 1.54) is 25.0 Å². The van der Waals surface area contributed by atoms with Crippen LogP contribution in [0, 0.1) is 11.7 Å². The third-order valence-electron chi connectivity index (χ3n) is 2.90. The molecule has 2 rings (SSSR count). The predicted molar refractivity (Wildman–Crippen MR) is 78.8 cm³/mol. The molecule has 0 spiro atoms. The summed E-state index contributed by atoms with van der Waals surface area (Å²) in [5, 5.41) is 6.65. The standard InChI is InChI=1S/C14H19FN2OS/c15-12-4-6-13(7-5-12)17-14(19)16-8-1-9-18-10-11-2-3-11/h4-7,11H,1-3,8-10H2,(H2,16,17,19). The lowest BCUT2D eigenvalue weighted by Gasteiger charge is -2.10. The highest BCUT2D eigenvalue weighted by Crippen LogP contribution is 2.28. The Hall–Kier alpha value is -1.20. The van der Waals surface area contributed by atoms with Crippen molar-refractivity contribution in [2.45, 2.75) is 19.3 Å². The van der Waals surface area contributed by atoms with Gasteiger partial charge in [0.15, 0.2) is 5.11 Å². The van der Waals surface area contributed by atoms with Gasteiger partial charge in [-0.05, 0) is 61.7 Å². The number of nitrogens with one attached hydrogen (secondary N) is 2. The maximum Gasteiger partial charge on any atom is 0.170 e. The minimum atomic E-state index is -0.253. The topological polar surface area (TPSA) is 33.3 Å². The smallest absolute Gasteiger partial charge is 0.170 e. The minimum absolute atomic E-state index is 0.253. The van der Waals surface area contributed by atoms with Crippen molar-refractivity contribution in [3.05, 3.63) is 30.1 Å². The Morgan fingerprint density at radius 3 is 2.74 bits per heavy atom. The Morgan fingerprint density at radius 2 is 2.05 bits per heavy atom. The Balaban J connectivity index is 1.52. The van der Waals surface area contributed by atoms with Crippen molar-refractivity contribution in [1.29, 1.82) is 0 Å². The van der Waals surface area contributed by atoms with Crippen LogP contribution in [0.2, 0.25) is 0 Å². The van der Waals surface area contributed by atoms with Gasteiger partial charge in [0.25, 0.3) is 0 Å². The lowest BCUT2D eigenvalue weighted by molar-refractivity contribution is 0.123. The maximum absolute atomic E-state index is 12.7. The molecule has 0 bridgehead atoms. The fraction of sp³-hybridized carbons (Fsp3) is 0.500. The normalized spacial score (nSPS) is 14.2. The van der Waals surface area contributed by atoms with E-state index in [0.717, 1.165) is 37.8 Å². The summed E-state index contributed by atoms with van der Waals surface area (Å²) in [5.74, 6) is 0.561. The average molecular weight is 282 g/mol. The van der Waals surface area contributed by atoms with Crippen LogP contribution in [0.4, 0.5) is 10.1 Å². The summed E-state index contributed by atoms with van der Waals surface area (Å²) >= 11 is 5.14. The van der Waals surface area contributed by atoms with Gasteiger partial charge in [-0.2, -0.15) is 0 Å². The number of anilines is 1. The molecule has 0 aliphatic heterocycles. The first-order chi connectivity index (χ1) is 9.24. The van der Waals surface area contributed by atoms with Gasteiger partial charge in [0.2, 0.25) is 0 Å². The number of hydrogen-bond acceptors (Lipinski definition) is 2. The van der Waals surface area contributed by atoms with Crippen LogP contribution in [0.1, 0.15) is 19.3 Å². The molecule has 3 nitrogen and oxygen atoms in total.